The fraction of sp³-hybridized carbons (Fsp3) is 0.200. The standard InChI is InChI=1S/C10H14N4O2/c1-15-7-16-9-4-2-3-8(5-9)6-13-14-10(11)12/h2-6H,7H2,1H3,(H4,11,12,14). The normalized spacial score (nSPS) is 10.3. The van der Waals surface area contributed by atoms with Crippen molar-refractivity contribution in [2.24, 2.45) is 21.7 Å². The van der Waals surface area contributed by atoms with Crippen molar-refractivity contribution in [2.45, 2.75) is 0 Å². The van der Waals surface area contributed by atoms with E-state index in [9.17, 15) is 0 Å². The Balaban J connectivity index is 2.67. The SMILES string of the molecule is COCOc1cccc(C=NN=C(N)N)c1. The third kappa shape index (κ3) is 4.43. The summed E-state index contributed by atoms with van der Waals surface area (Å²) in [4.78, 5) is 0. The Hall–Kier alpha value is -2.08. The van der Waals surface area contributed by atoms with Gasteiger partial charge in [-0.3, -0.25) is 0 Å². The average Bonchev–Trinajstić information content (AvgIpc) is 2.26. The number of nitrogens with zero attached hydrogens (tertiary/aromatic N) is 2. The topological polar surface area (TPSA) is 95.2 Å². The summed E-state index contributed by atoms with van der Waals surface area (Å²) in [5.74, 6) is 0.610. The van der Waals surface area contributed by atoms with Crippen molar-refractivity contribution in [3.05, 3.63) is 29.8 Å². The number of rotatable bonds is 5. The van der Waals surface area contributed by atoms with E-state index in [1.807, 2.05) is 18.2 Å². The molecule has 16 heavy (non-hydrogen) atoms. The van der Waals surface area contributed by atoms with Gasteiger partial charge < -0.3 is 20.9 Å². The van der Waals surface area contributed by atoms with Gasteiger partial charge in [0.15, 0.2) is 6.79 Å². The van der Waals surface area contributed by atoms with Crippen molar-refractivity contribution in [2.75, 3.05) is 13.9 Å². The van der Waals surface area contributed by atoms with E-state index in [0.717, 1.165) is 5.56 Å². The summed E-state index contributed by atoms with van der Waals surface area (Å²) in [6, 6.07) is 7.30. The zero-order chi connectivity index (χ0) is 11.8. The molecule has 6 heteroatoms. The van der Waals surface area contributed by atoms with Crippen molar-refractivity contribution < 1.29 is 9.47 Å². The van der Waals surface area contributed by atoms with E-state index in [-0.39, 0.29) is 12.8 Å². The molecule has 6 nitrogen and oxygen atoms in total. The number of hydrogen-bond acceptors (Lipinski definition) is 4. The highest BCUT2D eigenvalue weighted by molar-refractivity contribution is 5.81. The molecule has 0 unspecified atom stereocenters. The largest absolute Gasteiger partial charge is 0.468 e. The van der Waals surface area contributed by atoms with Gasteiger partial charge in [-0.15, -0.1) is 5.10 Å². The van der Waals surface area contributed by atoms with Crippen LogP contribution in [0.2, 0.25) is 0 Å². The molecule has 86 valence electrons. The average molecular weight is 222 g/mol. The van der Waals surface area contributed by atoms with Gasteiger partial charge in [0.25, 0.3) is 0 Å². The Morgan fingerprint density at radius 2 is 2.25 bits per heavy atom. The lowest BCUT2D eigenvalue weighted by atomic mass is 10.2. The van der Waals surface area contributed by atoms with E-state index < -0.39 is 0 Å². The number of ether oxygens (including phenoxy) is 2. The molecule has 0 fully saturated rings. The van der Waals surface area contributed by atoms with Crippen molar-refractivity contribution in [1.29, 1.82) is 0 Å². The molecule has 0 spiro atoms. The second-order valence-corrected chi connectivity index (χ2v) is 2.89. The van der Waals surface area contributed by atoms with Crippen LogP contribution in [0.5, 0.6) is 5.75 Å². The Kier molecular flexibility index (Phi) is 4.81. The van der Waals surface area contributed by atoms with Gasteiger partial charge in [0, 0.05) is 7.11 Å². The first-order valence-electron chi connectivity index (χ1n) is 4.56. The zero-order valence-corrected chi connectivity index (χ0v) is 8.96. The summed E-state index contributed by atoms with van der Waals surface area (Å²) in [5, 5.41) is 7.18. The lowest BCUT2D eigenvalue weighted by Crippen LogP contribution is -2.21. The van der Waals surface area contributed by atoms with Gasteiger partial charge >= 0.3 is 0 Å². The minimum atomic E-state index is -0.0805. The summed E-state index contributed by atoms with van der Waals surface area (Å²) < 4.78 is 10.0. The maximum absolute atomic E-state index is 5.25. The number of nitrogens with two attached hydrogens (primary N) is 2. The molecule has 1 rings (SSSR count). The van der Waals surface area contributed by atoms with Crippen LogP contribution in [0.4, 0.5) is 0 Å². The Bertz CT molecular complexity index is 386. The first-order valence-corrected chi connectivity index (χ1v) is 4.56. The van der Waals surface area contributed by atoms with E-state index in [1.54, 1.807) is 13.2 Å². The van der Waals surface area contributed by atoms with Crippen molar-refractivity contribution in [3.8, 4) is 5.75 Å². The zero-order valence-electron chi connectivity index (χ0n) is 8.96. The molecule has 0 saturated heterocycles. The minimum Gasteiger partial charge on any atom is -0.468 e. The van der Waals surface area contributed by atoms with Crippen molar-refractivity contribution in [3.63, 3.8) is 0 Å². The van der Waals surface area contributed by atoms with Gasteiger partial charge in [-0.05, 0) is 17.7 Å². The first kappa shape index (κ1) is 12.0. The van der Waals surface area contributed by atoms with E-state index in [4.69, 9.17) is 20.9 Å². The summed E-state index contributed by atoms with van der Waals surface area (Å²) >= 11 is 0. The molecule has 0 aliphatic carbocycles. The van der Waals surface area contributed by atoms with Gasteiger partial charge in [0.1, 0.15) is 5.75 Å². The molecule has 0 aliphatic heterocycles. The second-order valence-electron chi connectivity index (χ2n) is 2.89. The molecule has 0 bridgehead atoms. The predicted octanol–water partition coefficient (Wildman–Crippen LogP) is 0.277. The second kappa shape index (κ2) is 6.41. The Labute approximate surface area is 93.6 Å². The molecule has 0 heterocycles. The summed E-state index contributed by atoms with van der Waals surface area (Å²) in [5.41, 5.74) is 11.1. The Morgan fingerprint density at radius 3 is 2.94 bits per heavy atom. The molecule has 0 aromatic heterocycles. The minimum absolute atomic E-state index is 0.0805. The molecule has 0 amide bonds. The highest BCUT2D eigenvalue weighted by Gasteiger charge is 1.93. The number of hydrogen-bond donors (Lipinski definition) is 2. The van der Waals surface area contributed by atoms with E-state index >= 15 is 0 Å². The Morgan fingerprint density at radius 1 is 1.44 bits per heavy atom. The molecule has 1 aromatic carbocycles. The van der Waals surface area contributed by atoms with Crippen LogP contribution < -0.4 is 16.2 Å². The van der Waals surface area contributed by atoms with Crippen LogP contribution >= 0.6 is 0 Å². The van der Waals surface area contributed by atoms with Crippen LogP contribution in [0.25, 0.3) is 0 Å². The van der Waals surface area contributed by atoms with Gasteiger partial charge in [-0.2, -0.15) is 5.10 Å². The van der Waals surface area contributed by atoms with Crippen LogP contribution in [0.1, 0.15) is 5.56 Å². The van der Waals surface area contributed by atoms with Gasteiger partial charge in [-0.25, -0.2) is 0 Å². The maximum Gasteiger partial charge on any atom is 0.211 e. The molecule has 0 radical (unpaired) electrons. The van der Waals surface area contributed by atoms with Gasteiger partial charge in [0.05, 0.1) is 6.21 Å². The lowest BCUT2D eigenvalue weighted by Gasteiger charge is -2.04. The molecular weight excluding hydrogens is 208 g/mol. The van der Waals surface area contributed by atoms with Crippen LogP contribution in [-0.2, 0) is 4.74 Å². The molecule has 4 N–H and O–H groups in total. The smallest absolute Gasteiger partial charge is 0.211 e. The molecule has 1 aromatic rings. The molecule has 0 aliphatic rings. The van der Waals surface area contributed by atoms with Gasteiger partial charge in [0.2, 0.25) is 5.96 Å². The van der Waals surface area contributed by atoms with E-state index in [0.29, 0.717) is 5.75 Å². The molecule has 0 atom stereocenters. The third-order valence-electron chi connectivity index (χ3n) is 1.58. The summed E-state index contributed by atoms with van der Waals surface area (Å²) in [7, 11) is 1.56. The highest BCUT2D eigenvalue weighted by atomic mass is 16.7. The third-order valence-corrected chi connectivity index (χ3v) is 1.58. The first-order chi connectivity index (χ1) is 7.72. The van der Waals surface area contributed by atoms with Crippen LogP contribution in [0.15, 0.2) is 34.5 Å². The van der Waals surface area contributed by atoms with Crippen LogP contribution in [-0.4, -0.2) is 26.1 Å². The number of methoxy groups -OCH3 is 1. The highest BCUT2D eigenvalue weighted by Crippen LogP contribution is 2.11. The van der Waals surface area contributed by atoms with Crippen molar-refractivity contribution in [1.82, 2.24) is 0 Å². The molecule has 0 saturated carbocycles. The van der Waals surface area contributed by atoms with Crippen molar-refractivity contribution >= 4 is 12.2 Å². The molecular formula is C10H14N4O2. The van der Waals surface area contributed by atoms with Crippen LogP contribution in [0, 0.1) is 0 Å². The predicted molar refractivity (Wildman–Crippen MR) is 62.3 cm³/mol. The number of guanidine groups is 1. The summed E-state index contributed by atoms with van der Waals surface area (Å²) in [6.07, 6.45) is 1.53. The lowest BCUT2D eigenvalue weighted by molar-refractivity contribution is 0.0511. The quantitative estimate of drug-likeness (QED) is 0.323. The van der Waals surface area contributed by atoms with Crippen LogP contribution in [0.3, 0.4) is 0 Å². The van der Waals surface area contributed by atoms with E-state index in [1.165, 1.54) is 6.21 Å². The number of benzene rings is 1. The van der Waals surface area contributed by atoms with E-state index in [2.05, 4.69) is 10.2 Å². The fourth-order valence-corrected chi connectivity index (χ4v) is 0.974. The maximum atomic E-state index is 5.25. The summed E-state index contributed by atoms with van der Waals surface area (Å²) in [6.45, 7) is 0.203. The monoisotopic (exact) mass is 222 g/mol. The van der Waals surface area contributed by atoms with Gasteiger partial charge in [-0.1, -0.05) is 12.1 Å². The fourth-order valence-electron chi connectivity index (χ4n) is 0.974.